The first kappa shape index (κ1) is 56.9. The Morgan fingerprint density at radius 2 is 1.54 bits per heavy atom. The molecule has 5 aliphatic rings. The third kappa shape index (κ3) is 12.1. The summed E-state index contributed by atoms with van der Waals surface area (Å²) in [6.45, 7) is 19.4. The molecule has 1 aromatic rings. The van der Waals surface area contributed by atoms with Crippen LogP contribution in [0, 0.1) is 23.7 Å². The summed E-state index contributed by atoms with van der Waals surface area (Å²) in [7, 11) is 5.15. The first-order chi connectivity index (χ1) is 32.8. The number of cyclic esters (lactones) is 1. The van der Waals surface area contributed by atoms with Gasteiger partial charge in [0.15, 0.2) is 12.6 Å². The fourth-order valence-corrected chi connectivity index (χ4v) is 12.6. The maximum absolute atomic E-state index is 14.5. The third-order valence-corrected chi connectivity index (χ3v) is 16.9. The van der Waals surface area contributed by atoms with Crippen LogP contribution in [0.1, 0.15) is 107 Å². The minimum atomic E-state index is -1.85. The van der Waals surface area contributed by atoms with E-state index in [4.69, 9.17) is 28.4 Å². The van der Waals surface area contributed by atoms with Crippen LogP contribution in [-0.2, 0) is 44.6 Å². The van der Waals surface area contributed by atoms with Gasteiger partial charge in [-0.2, -0.15) is 0 Å². The van der Waals surface area contributed by atoms with Crippen molar-refractivity contribution >= 4 is 11.9 Å². The van der Waals surface area contributed by atoms with Crippen LogP contribution >= 0.6 is 0 Å². The largest absolute Gasteiger partial charge is 0.459 e. The molecule has 18 nitrogen and oxygen atoms in total. The molecule has 0 spiro atoms. The molecule has 0 aliphatic carbocycles. The molecule has 1 amide bonds. The zero-order chi connectivity index (χ0) is 51.8. The lowest BCUT2D eigenvalue weighted by atomic mass is 9.75. The molecule has 5 aliphatic heterocycles. The molecule has 0 aromatic heterocycles. The molecule has 2 unspecified atom stereocenters. The number of fused-ring (bicyclic) bond motifs is 1. The quantitative estimate of drug-likeness (QED) is 0.166. The predicted molar refractivity (Wildman–Crippen MR) is 260 cm³/mol. The first-order valence-electron chi connectivity index (χ1n) is 25.8. The van der Waals surface area contributed by atoms with Gasteiger partial charge in [0.2, 0.25) is 5.91 Å². The Balaban J connectivity index is 1.30. The molecule has 0 bridgehead atoms. The standard InChI is InChI=1S/C52H88N4O14/c1-14-37-52(10,64)44(59)31(5)54(11)25-28(2)23-50(8,63)46(29(3)43(30(4)48(62)68-37)69-38-24-51(9,65-13)45(60)33(7)66-38)70-49-42(58)40-39(32(6)67-49)41(57)35(27-55(40)12)53-47(61)36-21-18-22-56(36)26-34-19-16-15-17-20-34/h15-17,19-20,28-33,35-46,49,57-60,63-64H,14,18,21-27H2,1-13H3,(H,53,61)/t28-,29+,30-,31-,32-,33+,35?,36+,37-,38+,39?,40+,41-,42-,43+,44-,45+,46-,49+,50-,51-,52-/m1/s1. The van der Waals surface area contributed by atoms with Crippen molar-refractivity contribution in [1.82, 2.24) is 20.0 Å². The van der Waals surface area contributed by atoms with Crippen LogP contribution in [0.5, 0.6) is 0 Å². The number of likely N-dealkylation sites (tertiary alicyclic amines) is 2. The molecule has 18 heteroatoms. The highest BCUT2D eigenvalue weighted by atomic mass is 16.7. The van der Waals surface area contributed by atoms with Gasteiger partial charge in [0.25, 0.3) is 0 Å². The van der Waals surface area contributed by atoms with E-state index in [2.05, 4.69) is 10.2 Å². The molecule has 1 aromatic carbocycles. The zero-order valence-electron chi connectivity index (χ0n) is 44.0. The lowest BCUT2D eigenvalue weighted by molar-refractivity contribution is -0.330. The number of aliphatic hydroxyl groups is 6. The molecule has 7 N–H and O–H groups in total. The van der Waals surface area contributed by atoms with Crippen LogP contribution in [0.15, 0.2) is 30.3 Å². The molecule has 400 valence electrons. The Bertz CT molecular complexity index is 1870. The van der Waals surface area contributed by atoms with Gasteiger partial charge in [-0.15, -0.1) is 0 Å². The number of likely N-dealkylation sites (N-methyl/N-ethyl adjacent to an activating group) is 2. The van der Waals surface area contributed by atoms with E-state index in [1.165, 1.54) is 14.0 Å². The summed E-state index contributed by atoms with van der Waals surface area (Å²) in [5.74, 6) is -3.72. The average molecular weight is 993 g/mol. The van der Waals surface area contributed by atoms with Gasteiger partial charge in [0.05, 0.1) is 59.7 Å². The Labute approximate surface area is 416 Å². The molecule has 0 radical (unpaired) electrons. The molecule has 5 saturated heterocycles. The zero-order valence-corrected chi connectivity index (χ0v) is 44.0. The molecule has 5 heterocycles. The Hall–Kier alpha value is -2.40. The summed E-state index contributed by atoms with van der Waals surface area (Å²) in [6.07, 6.45) is -9.96. The number of hydrogen-bond acceptors (Lipinski definition) is 17. The summed E-state index contributed by atoms with van der Waals surface area (Å²) in [4.78, 5) is 34.4. The van der Waals surface area contributed by atoms with E-state index >= 15 is 0 Å². The lowest BCUT2D eigenvalue weighted by Gasteiger charge is -2.55. The lowest BCUT2D eigenvalue weighted by Crippen LogP contribution is -2.72. The molecule has 6 rings (SSSR count). The van der Waals surface area contributed by atoms with Gasteiger partial charge >= 0.3 is 5.97 Å². The number of nitrogens with one attached hydrogen (secondary N) is 1. The van der Waals surface area contributed by atoms with Crippen molar-refractivity contribution in [3.05, 3.63) is 35.9 Å². The van der Waals surface area contributed by atoms with E-state index in [1.807, 2.05) is 61.2 Å². The maximum atomic E-state index is 14.5. The SMILES string of the molecule is CC[C@H]1OC(=O)[C@H](C)[C@@H](O[C@H]2C[C@@](C)(OC)[C@@H](O)[C@H](C)O2)[C@H](C)[C@@H](O[C@@H]2O[C@H](C)C3[C@H](O)C(NC(=O)[C@@H]4CCCN4Cc4ccccc4)CN(C)[C@@H]3[C@H]2O)[C@](C)(O)C[C@@H](C)CN(C)[C@H](C)[C@@H](O)[C@]1(C)O. The number of hydrogen-bond donors (Lipinski definition) is 7. The van der Waals surface area contributed by atoms with E-state index in [-0.39, 0.29) is 43.7 Å². The van der Waals surface area contributed by atoms with Crippen LogP contribution in [0.2, 0.25) is 0 Å². The summed E-state index contributed by atoms with van der Waals surface area (Å²) < 4.78 is 38.4. The van der Waals surface area contributed by atoms with Gasteiger partial charge in [-0.1, -0.05) is 51.1 Å². The molecule has 5 fully saturated rings. The fraction of sp³-hybridized carbons (Fsp3) is 0.846. The first-order valence-corrected chi connectivity index (χ1v) is 25.8. The van der Waals surface area contributed by atoms with Gasteiger partial charge in [-0.25, -0.2) is 0 Å². The highest BCUT2D eigenvalue weighted by Crippen LogP contribution is 2.42. The van der Waals surface area contributed by atoms with Crippen LogP contribution in [0.25, 0.3) is 0 Å². The van der Waals surface area contributed by atoms with Crippen molar-refractivity contribution in [1.29, 1.82) is 0 Å². The van der Waals surface area contributed by atoms with Crippen LogP contribution < -0.4 is 5.32 Å². The minimum absolute atomic E-state index is 0.0788. The number of ether oxygens (including phenoxy) is 6. The third-order valence-electron chi connectivity index (χ3n) is 16.9. The Kier molecular flexibility index (Phi) is 18.7. The van der Waals surface area contributed by atoms with Crippen LogP contribution in [0.3, 0.4) is 0 Å². The monoisotopic (exact) mass is 993 g/mol. The number of benzene rings is 1. The van der Waals surface area contributed by atoms with Crippen molar-refractivity contribution in [3.63, 3.8) is 0 Å². The Morgan fingerprint density at radius 3 is 2.19 bits per heavy atom. The molecular weight excluding hydrogens is 905 g/mol. The second-order valence-electron chi connectivity index (χ2n) is 22.5. The van der Waals surface area contributed by atoms with Crippen molar-refractivity contribution in [2.75, 3.05) is 40.8 Å². The van der Waals surface area contributed by atoms with Crippen molar-refractivity contribution in [2.45, 2.75) is 216 Å². The van der Waals surface area contributed by atoms with E-state index in [0.29, 0.717) is 19.5 Å². The van der Waals surface area contributed by atoms with Gasteiger partial charge in [0.1, 0.15) is 30.0 Å². The second-order valence-corrected chi connectivity index (χ2v) is 22.5. The number of aliphatic hydroxyl groups excluding tert-OH is 4. The van der Waals surface area contributed by atoms with Gasteiger partial charge < -0.3 is 69.3 Å². The number of esters is 1. The predicted octanol–water partition coefficient (Wildman–Crippen LogP) is 2.02. The second kappa shape index (κ2) is 23.0. The smallest absolute Gasteiger partial charge is 0.311 e. The summed E-state index contributed by atoms with van der Waals surface area (Å²) >= 11 is 0. The van der Waals surface area contributed by atoms with Crippen LogP contribution in [0.4, 0.5) is 0 Å². The van der Waals surface area contributed by atoms with E-state index in [9.17, 15) is 40.2 Å². The number of piperidine rings is 1. The molecule has 70 heavy (non-hydrogen) atoms. The van der Waals surface area contributed by atoms with E-state index in [0.717, 1.165) is 18.5 Å². The van der Waals surface area contributed by atoms with Crippen molar-refractivity contribution < 1.29 is 68.6 Å². The Morgan fingerprint density at radius 1 is 0.871 bits per heavy atom. The molecule has 22 atom stereocenters. The van der Waals surface area contributed by atoms with Gasteiger partial charge in [0, 0.05) is 57.1 Å². The number of rotatable bonds is 10. The number of carbonyl (C=O) groups is 2. The van der Waals surface area contributed by atoms with Crippen molar-refractivity contribution in [2.24, 2.45) is 23.7 Å². The fourth-order valence-electron chi connectivity index (χ4n) is 12.6. The number of nitrogens with zero attached hydrogens (tertiary/aromatic N) is 3. The van der Waals surface area contributed by atoms with E-state index in [1.54, 1.807) is 55.4 Å². The average Bonchev–Trinajstić information content (AvgIpc) is 3.77. The minimum Gasteiger partial charge on any atom is -0.459 e. The maximum Gasteiger partial charge on any atom is 0.311 e. The van der Waals surface area contributed by atoms with Gasteiger partial charge in [-0.05, 0) is 106 Å². The molecule has 0 saturated carbocycles. The summed E-state index contributed by atoms with van der Waals surface area (Å²) in [5, 5.41) is 75.1. The number of carbonyl (C=O) groups excluding carboxylic acids is 2. The summed E-state index contributed by atoms with van der Waals surface area (Å²) in [6, 6.07) is 7.76. The number of amides is 1. The topological polar surface area (TPSA) is 233 Å². The highest BCUT2D eigenvalue weighted by Gasteiger charge is 2.57. The normalized spacial score (nSPS) is 46.6. The van der Waals surface area contributed by atoms with Gasteiger partial charge in [-0.3, -0.25) is 19.4 Å². The highest BCUT2D eigenvalue weighted by molar-refractivity contribution is 5.82. The molecular formula is C52H88N4O14. The number of methoxy groups -OCH3 is 1. The van der Waals surface area contributed by atoms with E-state index < -0.39 is 126 Å². The van der Waals surface area contributed by atoms with Crippen LogP contribution in [-0.4, -0.2) is 207 Å². The van der Waals surface area contributed by atoms with Crippen molar-refractivity contribution in [3.8, 4) is 0 Å². The summed E-state index contributed by atoms with van der Waals surface area (Å²) in [5.41, 5.74) is -3.50.